The minimum Gasteiger partial charge on any atom is -0.449 e. The standard InChI is InChI=1S/C21H22N2O3/c1-4-14(2)18-7-5-6-8-19(18)23-20(24)15(3)26-21(25)17-11-9-16(13-22)10-12-17/h5-12,14-15H,4H2,1-3H3,(H,23,24)/t14-,15-/m0/s1. The molecular formula is C21H22N2O3. The van der Waals surface area contributed by atoms with Crippen molar-refractivity contribution in [2.24, 2.45) is 0 Å². The van der Waals surface area contributed by atoms with Crippen molar-refractivity contribution in [3.63, 3.8) is 0 Å². The summed E-state index contributed by atoms with van der Waals surface area (Å²) in [7, 11) is 0. The van der Waals surface area contributed by atoms with E-state index in [0.29, 0.717) is 17.0 Å². The summed E-state index contributed by atoms with van der Waals surface area (Å²) in [6, 6.07) is 15.7. The number of esters is 1. The van der Waals surface area contributed by atoms with Crippen molar-refractivity contribution in [2.75, 3.05) is 5.32 Å². The summed E-state index contributed by atoms with van der Waals surface area (Å²) in [5, 5.41) is 11.6. The number of amides is 1. The van der Waals surface area contributed by atoms with E-state index in [2.05, 4.69) is 19.2 Å². The van der Waals surface area contributed by atoms with Gasteiger partial charge >= 0.3 is 5.97 Å². The fraction of sp³-hybridized carbons (Fsp3) is 0.286. The van der Waals surface area contributed by atoms with Crippen LogP contribution >= 0.6 is 0 Å². The average Bonchev–Trinajstić information content (AvgIpc) is 2.67. The van der Waals surface area contributed by atoms with Crippen molar-refractivity contribution in [3.8, 4) is 6.07 Å². The summed E-state index contributed by atoms with van der Waals surface area (Å²) in [5.74, 6) is -0.682. The van der Waals surface area contributed by atoms with Gasteiger partial charge in [0.25, 0.3) is 5.91 Å². The molecule has 2 atom stereocenters. The third-order valence-electron chi connectivity index (χ3n) is 4.26. The van der Waals surface area contributed by atoms with E-state index < -0.39 is 12.1 Å². The van der Waals surface area contributed by atoms with Crippen LogP contribution in [0.2, 0.25) is 0 Å². The van der Waals surface area contributed by atoms with Crippen molar-refractivity contribution in [2.45, 2.75) is 39.2 Å². The summed E-state index contributed by atoms with van der Waals surface area (Å²) >= 11 is 0. The Bertz CT molecular complexity index is 822. The average molecular weight is 350 g/mol. The Morgan fingerprint density at radius 1 is 1.12 bits per heavy atom. The molecule has 2 aromatic rings. The highest BCUT2D eigenvalue weighted by Crippen LogP contribution is 2.26. The molecule has 0 fully saturated rings. The molecule has 0 saturated carbocycles. The Hall–Kier alpha value is -3.13. The van der Waals surface area contributed by atoms with Crippen LogP contribution in [-0.2, 0) is 9.53 Å². The number of nitriles is 1. The number of benzene rings is 2. The molecule has 2 aromatic carbocycles. The van der Waals surface area contributed by atoms with Crippen molar-refractivity contribution in [3.05, 3.63) is 65.2 Å². The predicted octanol–water partition coefficient (Wildman–Crippen LogP) is 4.26. The highest BCUT2D eigenvalue weighted by molar-refractivity contribution is 5.97. The summed E-state index contributed by atoms with van der Waals surface area (Å²) in [6.07, 6.45) is 0.0129. The number of hydrogen-bond acceptors (Lipinski definition) is 4. The van der Waals surface area contributed by atoms with E-state index in [-0.39, 0.29) is 5.91 Å². The zero-order chi connectivity index (χ0) is 19.1. The molecule has 0 aliphatic rings. The largest absolute Gasteiger partial charge is 0.449 e. The van der Waals surface area contributed by atoms with Gasteiger partial charge < -0.3 is 10.1 Å². The topological polar surface area (TPSA) is 79.2 Å². The number of para-hydroxylation sites is 1. The molecule has 0 saturated heterocycles. The monoisotopic (exact) mass is 350 g/mol. The molecule has 0 unspecified atom stereocenters. The number of hydrogen-bond donors (Lipinski definition) is 1. The lowest BCUT2D eigenvalue weighted by Gasteiger charge is -2.18. The van der Waals surface area contributed by atoms with Gasteiger partial charge in [0.2, 0.25) is 0 Å². The number of ether oxygens (including phenoxy) is 1. The molecule has 0 spiro atoms. The maximum Gasteiger partial charge on any atom is 0.338 e. The molecule has 0 aliphatic carbocycles. The van der Waals surface area contributed by atoms with Crippen LogP contribution in [0.15, 0.2) is 48.5 Å². The van der Waals surface area contributed by atoms with Gasteiger partial charge in [0.05, 0.1) is 17.2 Å². The minimum atomic E-state index is -0.942. The molecule has 0 bridgehead atoms. The van der Waals surface area contributed by atoms with Gasteiger partial charge in [-0.05, 0) is 55.2 Å². The second kappa shape index (κ2) is 8.82. The molecule has 0 heterocycles. The molecule has 2 rings (SSSR count). The van der Waals surface area contributed by atoms with E-state index in [0.717, 1.165) is 17.7 Å². The van der Waals surface area contributed by atoms with Gasteiger partial charge in [-0.1, -0.05) is 32.0 Å². The maximum atomic E-state index is 12.4. The molecule has 1 amide bonds. The summed E-state index contributed by atoms with van der Waals surface area (Å²) in [4.78, 5) is 24.6. The quantitative estimate of drug-likeness (QED) is 0.790. The third-order valence-corrected chi connectivity index (χ3v) is 4.26. The molecule has 5 nitrogen and oxygen atoms in total. The van der Waals surface area contributed by atoms with E-state index in [1.807, 2.05) is 30.3 Å². The van der Waals surface area contributed by atoms with Crippen LogP contribution in [-0.4, -0.2) is 18.0 Å². The number of carbonyl (C=O) groups is 2. The molecule has 1 N–H and O–H groups in total. The van der Waals surface area contributed by atoms with Crippen LogP contribution in [0.1, 0.15) is 54.6 Å². The lowest BCUT2D eigenvalue weighted by atomic mass is 9.97. The second-order valence-electron chi connectivity index (χ2n) is 6.12. The Balaban J connectivity index is 2.04. The van der Waals surface area contributed by atoms with Gasteiger partial charge in [-0.25, -0.2) is 4.79 Å². The molecule has 0 aromatic heterocycles. The van der Waals surface area contributed by atoms with Crippen LogP contribution in [0.4, 0.5) is 5.69 Å². The second-order valence-corrected chi connectivity index (χ2v) is 6.12. The van der Waals surface area contributed by atoms with Crippen LogP contribution in [0.3, 0.4) is 0 Å². The lowest BCUT2D eigenvalue weighted by molar-refractivity contribution is -0.123. The first-order chi connectivity index (χ1) is 12.5. The van der Waals surface area contributed by atoms with E-state index in [1.165, 1.54) is 31.2 Å². The molecule has 0 radical (unpaired) electrons. The lowest BCUT2D eigenvalue weighted by Crippen LogP contribution is -2.30. The Morgan fingerprint density at radius 3 is 2.38 bits per heavy atom. The highest BCUT2D eigenvalue weighted by Gasteiger charge is 2.20. The SMILES string of the molecule is CC[C@H](C)c1ccccc1NC(=O)[C@H](C)OC(=O)c1ccc(C#N)cc1. The summed E-state index contributed by atoms with van der Waals surface area (Å²) in [6.45, 7) is 5.72. The van der Waals surface area contributed by atoms with Gasteiger partial charge in [0, 0.05) is 5.69 Å². The zero-order valence-corrected chi connectivity index (χ0v) is 15.2. The van der Waals surface area contributed by atoms with Gasteiger partial charge in [-0.3, -0.25) is 4.79 Å². The van der Waals surface area contributed by atoms with Gasteiger partial charge in [-0.2, -0.15) is 5.26 Å². The Morgan fingerprint density at radius 2 is 1.77 bits per heavy atom. The molecule has 134 valence electrons. The maximum absolute atomic E-state index is 12.4. The van der Waals surface area contributed by atoms with Gasteiger partial charge in [0.15, 0.2) is 6.10 Å². The minimum absolute atomic E-state index is 0.295. The fourth-order valence-electron chi connectivity index (χ4n) is 2.46. The first kappa shape index (κ1) is 19.2. The van der Waals surface area contributed by atoms with Gasteiger partial charge in [0.1, 0.15) is 0 Å². The Kier molecular flexibility index (Phi) is 6.51. The van der Waals surface area contributed by atoms with Crippen molar-refractivity contribution in [1.29, 1.82) is 5.26 Å². The first-order valence-corrected chi connectivity index (χ1v) is 8.57. The number of anilines is 1. The van der Waals surface area contributed by atoms with Crippen LogP contribution < -0.4 is 5.32 Å². The van der Waals surface area contributed by atoms with E-state index in [4.69, 9.17) is 10.00 Å². The smallest absolute Gasteiger partial charge is 0.338 e. The zero-order valence-electron chi connectivity index (χ0n) is 15.2. The number of carbonyl (C=O) groups excluding carboxylic acids is 2. The highest BCUT2D eigenvalue weighted by atomic mass is 16.5. The number of nitrogens with zero attached hydrogens (tertiary/aromatic N) is 1. The third kappa shape index (κ3) is 4.70. The van der Waals surface area contributed by atoms with E-state index in [9.17, 15) is 9.59 Å². The molecule has 26 heavy (non-hydrogen) atoms. The van der Waals surface area contributed by atoms with E-state index in [1.54, 1.807) is 0 Å². The van der Waals surface area contributed by atoms with Crippen molar-refractivity contribution < 1.29 is 14.3 Å². The van der Waals surface area contributed by atoms with Crippen molar-refractivity contribution in [1.82, 2.24) is 0 Å². The van der Waals surface area contributed by atoms with Crippen LogP contribution in [0.25, 0.3) is 0 Å². The van der Waals surface area contributed by atoms with Crippen molar-refractivity contribution >= 4 is 17.6 Å². The predicted molar refractivity (Wildman–Crippen MR) is 99.8 cm³/mol. The first-order valence-electron chi connectivity index (χ1n) is 8.57. The number of rotatable bonds is 6. The van der Waals surface area contributed by atoms with Crippen LogP contribution in [0.5, 0.6) is 0 Å². The normalized spacial score (nSPS) is 12.5. The molecule has 5 heteroatoms. The molecule has 0 aliphatic heterocycles. The number of nitrogens with one attached hydrogen (secondary N) is 1. The van der Waals surface area contributed by atoms with Crippen LogP contribution in [0, 0.1) is 11.3 Å². The van der Waals surface area contributed by atoms with Gasteiger partial charge in [-0.15, -0.1) is 0 Å². The Labute approximate surface area is 153 Å². The summed E-state index contributed by atoms with van der Waals surface area (Å²) in [5.41, 5.74) is 2.53. The fourth-order valence-corrected chi connectivity index (χ4v) is 2.46. The molecular weight excluding hydrogens is 328 g/mol. The van der Waals surface area contributed by atoms with E-state index >= 15 is 0 Å². The summed E-state index contributed by atoms with van der Waals surface area (Å²) < 4.78 is 5.24.